The van der Waals surface area contributed by atoms with E-state index in [4.69, 9.17) is 4.74 Å². The van der Waals surface area contributed by atoms with Gasteiger partial charge in [-0.2, -0.15) is 10.1 Å². The summed E-state index contributed by atoms with van der Waals surface area (Å²) >= 11 is 0. The number of aromatic nitrogens is 5. The van der Waals surface area contributed by atoms with Gasteiger partial charge in [0.05, 0.1) is 17.5 Å². The molecule has 0 bridgehead atoms. The van der Waals surface area contributed by atoms with Crippen molar-refractivity contribution in [2.45, 2.75) is 32.7 Å². The molecule has 3 aromatic rings. The number of anilines is 2. The van der Waals surface area contributed by atoms with E-state index in [1.165, 1.54) is 0 Å². The van der Waals surface area contributed by atoms with Gasteiger partial charge in [0, 0.05) is 30.6 Å². The van der Waals surface area contributed by atoms with Gasteiger partial charge in [-0.05, 0) is 50.1 Å². The number of fused-ring (bicyclic) bond motifs is 1. The van der Waals surface area contributed by atoms with Gasteiger partial charge in [-0.25, -0.2) is 4.68 Å². The lowest BCUT2D eigenvalue weighted by atomic mass is 10.0. The van der Waals surface area contributed by atoms with Crippen molar-refractivity contribution in [2.75, 3.05) is 11.9 Å². The van der Waals surface area contributed by atoms with Crippen LogP contribution in [0.3, 0.4) is 0 Å². The number of ether oxygens (including phenoxy) is 1. The first-order chi connectivity index (χ1) is 14.5. The molecule has 0 unspecified atom stereocenters. The largest absolute Gasteiger partial charge is 0.488 e. The fourth-order valence-electron chi connectivity index (χ4n) is 3.23. The van der Waals surface area contributed by atoms with E-state index in [1.807, 2.05) is 51.2 Å². The van der Waals surface area contributed by atoms with E-state index in [0.717, 1.165) is 34.3 Å². The van der Waals surface area contributed by atoms with Crippen LogP contribution in [-0.4, -0.2) is 43.5 Å². The number of carbonyl (C=O) groups is 1. The van der Waals surface area contributed by atoms with Gasteiger partial charge >= 0.3 is 0 Å². The number of aromatic amines is 1. The second-order valence-corrected chi connectivity index (χ2v) is 7.52. The smallest absolute Gasteiger partial charge is 0.258 e. The normalized spacial score (nSPS) is 13.9. The van der Waals surface area contributed by atoms with Crippen molar-refractivity contribution in [3.63, 3.8) is 0 Å². The number of aryl methyl sites for hydroxylation is 1. The van der Waals surface area contributed by atoms with Crippen LogP contribution in [-0.2, 0) is 16.6 Å². The Bertz CT molecular complexity index is 1120. The minimum absolute atomic E-state index is 0.0318. The van der Waals surface area contributed by atoms with E-state index >= 15 is 0 Å². The zero-order chi connectivity index (χ0) is 21.1. The molecule has 1 aliphatic carbocycles. The summed E-state index contributed by atoms with van der Waals surface area (Å²) in [5.41, 5.74) is 2.93. The first-order valence-electron chi connectivity index (χ1n) is 9.91. The minimum Gasteiger partial charge on any atom is -0.488 e. The summed E-state index contributed by atoms with van der Waals surface area (Å²) in [6.07, 6.45) is 7.09. The molecule has 2 heterocycles. The highest BCUT2D eigenvalue weighted by Crippen LogP contribution is 2.27. The lowest BCUT2D eigenvalue weighted by Gasteiger charge is -2.15. The van der Waals surface area contributed by atoms with Crippen LogP contribution in [0.4, 0.5) is 11.6 Å². The highest BCUT2D eigenvalue weighted by Gasteiger charge is 2.16. The maximum Gasteiger partial charge on any atom is 0.258 e. The maximum atomic E-state index is 11.7. The molecule has 0 saturated heterocycles. The number of hydrogen-bond acceptors (Lipinski definition) is 6. The highest BCUT2D eigenvalue weighted by atomic mass is 16.5. The molecule has 9 nitrogen and oxygen atoms in total. The first-order valence-corrected chi connectivity index (χ1v) is 9.91. The van der Waals surface area contributed by atoms with Gasteiger partial charge in [-0.15, -0.1) is 5.10 Å². The third-order valence-electron chi connectivity index (χ3n) is 4.70. The number of H-pyrrole nitrogens is 1. The van der Waals surface area contributed by atoms with Crippen LogP contribution < -0.4 is 10.6 Å². The molecule has 1 aliphatic rings. The number of rotatable bonds is 7. The molecule has 0 saturated carbocycles. The Balaban J connectivity index is 1.42. The highest BCUT2D eigenvalue weighted by molar-refractivity contribution is 5.82. The number of amides is 1. The van der Waals surface area contributed by atoms with Gasteiger partial charge in [0.1, 0.15) is 0 Å². The molecule has 1 aromatic carbocycles. The van der Waals surface area contributed by atoms with E-state index in [-0.39, 0.29) is 18.6 Å². The fraction of sp³-hybridized carbons (Fsp3) is 0.333. The van der Waals surface area contributed by atoms with E-state index in [0.29, 0.717) is 18.2 Å². The van der Waals surface area contributed by atoms with Crippen LogP contribution >= 0.6 is 0 Å². The van der Waals surface area contributed by atoms with Gasteiger partial charge in [0.2, 0.25) is 5.95 Å². The molecule has 0 aliphatic heterocycles. The van der Waals surface area contributed by atoms with Gasteiger partial charge in [-0.3, -0.25) is 9.89 Å². The lowest BCUT2D eigenvalue weighted by Crippen LogP contribution is -2.33. The van der Waals surface area contributed by atoms with Crippen LogP contribution in [0.15, 0.2) is 42.3 Å². The van der Waals surface area contributed by atoms with E-state index < -0.39 is 0 Å². The van der Waals surface area contributed by atoms with E-state index in [2.05, 4.69) is 30.9 Å². The molecular formula is C21H25N7O2. The van der Waals surface area contributed by atoms with Gasteiger partial charge < -0.3 is 15.4 Å². The molecule has 30 heavy (non-hydrogen) atoms. The van der Waals surface area contributed by atoms with Crippen molar-refractivity contribution in [2.24, 2.45) is 7.05 Å². The predicted octanol–water partition coefficient (Wildman–Crippen LogP) is 3.04. The summed E-state index contributed by atoms with van der Waals surface area (Å²) in [5, 5.41) is 18.7. The zero-order valence-electron chi connectivity index (χ0n) is 17.3. The van der Waals surface area contributed by atoms with Crippen LogP contribution in [0.25, 0.3) is 16.5 Å². The minimum atomic E-state index is -0.114. The molecule has 1 amide bonds. The summed E-state index contributed by atoms with van der Waals surface area (Å²) < 4.78 is 7.33. The number of benzene rings is 1. The molecule has 0 atom stereocenters. The third kappa shape index (κ3) is 4.51. The van der Waals surface area contributed by atoms with Crippen molar-refractivity contribution in [3.05, 3.63) is 48.1 Å². The molecule has 156 valence electrons. The molecule has 0 spiro atoms. The fourth-order valence-corrected chi connectivity index (χ4v) is 3.23. The van der Waals surface area contributed by atoms with Crippen LogP contribution in [0.1, 0.15) is 32.5 Å². The number of hydrogen-bond donors (Lipinski definition) is 3. The summed E-state index contributed by atoms with van der Waals surface area (Å²) in [6.45, 7) is 3.88. The average Bonchev–Trinajstić information content (AvgIpc) is 3.33. The molecular weight excluding hydrogens is 382 g/mol. The second kappa shape index (κ2) is 8.40. The Morgan fingerprint density at radius 1 is 1.30 bits per heavy atom. The Morgan fingerprint density at radius 3 is 2.93 bits per heavy atom. The Kier molecular flexibility index (Phi) is 5.51. The summed E-state index contributed by atoms with van der Waals surface area (Å²) in [5.74, 6) is 2.01. The number of allylic oxidation sites excluding steroid dienone is 4. The average molecular weight is 407 g/mol. The number of carbonyl (C=O) groups excluding carboxylic acids is 1. The quantitative estimate of drug-likeness (QED) is 0.555. The maximum absolute atomic E-state index is 11.7. The van der Waals surface area contributed by atoms with Crippen molar-refractivity contribution in [3.8, 4) is 0 Å². The van der Waals surface area contributed by atoms with Crippen LogP contribution in [0, 0.1) is 0 Å². The van der Waals surface area contributed by atoms with E-state index in [1.54, 1.807) is 10.9 Å². The van der Waals surface area contributed by atoms with Crippen LogP contribution in [0.5, 0.6) is 0 Å². The second-order valence-electron chi connectivity index (χ2n) is 7.52. The van der Waals surface area contributed by atoms with Crippen LogP contribution in [0.2, 0.25) is 0 Å². The summed E-state index contributed by atoms with van der Waals surface area (Å²) in [4.78, 5) is 16.4. The molecule has 3 N–H and O–H groups in total. The SMILES string of the molecule is CC(C)NC(=O)COC1=CC=C(c2nc(Nc3ccc4[nH]ncc4c3)n(C)n2)CC1. The standard InChI is InChI=1S/C21H25N7O2/c1-13(2)23-19(29)12-30-17-7-4-14(5-8-17)20-25-21(28(3)27-20)24-16-6-9-18-15(10-16)11-22-26-18/h4,6-7,9-11,13H,5,8,12H2,1-3H3,(H,22,26)(H,23,29)(H,24,25,27). The summed E-state index contributed by atoms with van der Waals surface area (Å²) in [6, 6.07) is 6.05. The number of nitrogens with one attached hydrogen (secondary N) is 3. The van der Waals surface area contributed by atoms with Gasteiger partial charge in [0.15, 0.2) is 12.4 Å². The molecule has 4 rings (SSSR count). The van der Waals surface area contributed by atoms with Crippen molar-refractivity contribution in [1.29, 1.82) is 0 Å². The Labute approximate surface area is 174 Å². The first kappa shape index (κ1) is 19.7. The van der Waals surface area contributed by atoms with Crippen molar-refractivity contribution >= 4 is 34.0 Å². The van der Waals surface area contributed by atoms with E-state index in [9.17, 15) is 4.79 Å². The summed E-state index contributed by atoms with van der Waals surface area (Å²) in [7, 11) is 1.86. The number of nitrogens with zero attached hydrogens (tertiary/aromatic N) is 4. The van der Waals surface area contributed by atoms with Gasteiger partial charge in [-0.1, -0.05) is 6.08 Å². The molecule has 0 fully saturated rings. The predicted molar refractivity (Wildman–Crippen MR) is 115 cm³/mol. The van der Waals surface area contributed by atoms with Crippen molar-refractivity contribution < 1.29 is 9.53 Å². The molecule has 2 aromatic heterocycles. The van der Waals surface area contributed by atoms with Crippen molar-refractivity contribution in [1.82, 2.24) is 30.3 Å². The Morgan fingerprint density at radius 2 is 2.17 bits per heavy atom. The topological polar surface area (TPSA) is 110 Å². The Hall–Kier alpha value is -3.62. The van der Waals surface area contributed by atoms with Gasteiger partial charge in [0.25, 0.3) is 5.91 Å². The zero-order valence-corrected chi connectivity index (χ0v) is 17.3. The lowest BCUT2D eigenvalue weighted by molar-refractivity contribution is -0.125. The monoisotopic (exact) mass is 407 g/mol. The third-order valence-corrected chi connectivity index (χ3v) is 4.70. The molecule has 0 radical (unpaired) electrons. The molecule has 9 heteroatoms.